The van der Waals surface area contributed by atoms with Crippen molar-refractivity contribution >= 4 is 5.97 Å². The molecule has 0 radical (unpaired) electrons. The average molecular weight is 298 g/mol. The van der Waals surface area contributed by atoms with E-state index >= 15 is 0 Å². The summed E-state index contributed by atoms with van der Waals surface area (Å²) >= 11 is 0. The Morgan fingerprint density at radius 2 is 2.05 bits per heavy atom. The fourth-order valence-corrected chi connectivity index (χ4v) is 3.12. The molecule has 0 aliphatic heterocycles. The lowest BCUT2D eigenvalue weighted by molar-refractivity contribution is -0.139. The van der Waals surface area contributed by atoms with Gasteiger partial charge in [0.25, 0.3) is 0 Å². The molecule has 0 aromatic carbocycles. The topological polar surface area (TPSA) is 55.8 Å². The highest BCUT2D eigenvalue weighted by Gasteiger charge is 2.28. The summed E-state index contributed by atoms with van der Waals surface area (Å²) in [5, 5.41) is 8.55. The summed E-state index contributed by atoms with van der Waals surface area (Å²) in [6, 6.07) is 0. The zero-order chi connectivity index (χ0) is 15.7. The largest absolute Gasteiger partial charge is 0.460 e. The summed E-state index contributed by atoms with van der Waals surface area (Å²) in [5.41, 5.74) is 0. The molecule has 1 saturated carbocycles. The highest BCUT2D eigenvalue weighted by Crippen LogP contribution is 2.38. The van der Waals surface area contributed by atoms with E-state index in [4.69, 9.17) is 14.6 Å². The lowest BCUT2D eigenvalue weighted by atomic mass is 9.70. The molecule has 3 atom stereocenters. The normalized spacial score (nSPS) is 26.4. The highest BCUT2D eigenvalue weighted by molar-refractivity contribution is 5.81. The Balaban J connectivity index is 2.36. The van der Waals surface area contributed by atoms with Crippen LogP contribution in [0.3, 0.4) is 0 Å². The fourth-order valence-electron chi connectivity index (χ4n) is 3.12. The van der Waals surface area contributed by atoms with Gasteiger partial charge in [-0.15, -0.1) is 0 Å². The van der Waals surface area contributed by atoms with E-state index in [-0.39, 0.29) is 25.8 Å². The van der Waals surface area contributed by atoms with Gasteiger partial charge in [-0.3, -0.25) is 0 Å². The van der Waals surface area contributed by atoms with Gasteiger partial charge in [0.15, 0.2) is 0 Å². The van der Waals surface area contributed by atoms with E-state index in [1.807, 2.05) is 6.08 Å². The summed E-state index contributed by atoms with van der Waals surface area (Å²) in [6.45, 7) is 7.64. The number of esters is 1. The maximum atomic E-state index is 11.7. The molecule has 0 aromatic rings. The summed E-state index contributed by atoms with van der Waals surface area (Å²) in [5.74, 6) is 2.22. The molecule has 1 aliphatic carbocycles. The molecule has 122 valence electrons. The van der Waals surface area contributed by atoms with E-state index in [0.29, 0.717) is 24.4 Å². The molecule has 0 heterocycles. The van der Waals surface area contributed by atoms with Gasteiger partial charge >= 0.3 is 5.97 Å². The van der Waals surface area contributed by atoms with Crippen LogP contribution in [0.1, 0.15) is 40.0 Å². The minimum Gasteiger partial charge on any atom is -0.460 e. The van der Waals surface area contributed by atoms with Crippen molar-refractivity contribution in [2.45, 2.75) is 40.0 Å². The van der Waals surface area contributed by atoms with Crippen molar-refractivity contribution in [2.75, 3.05) is 26.4 Å². The first-order valence-electron chi connectivity index (χ1n) is 8.08. The quantitative estimate of drug-likeness (QED) is 0.425. The van der Waals surface area contributed by atoms with Gasteiger partial charge in [0, 0.05) is 6.08 Å². The number of carbonyl (C=O) groups excluding carboxylic acids is 1. The van der Waals surface area contributed by atoms with E-state index in [0.717, 1.165) is 12.3 Å². The molecule has 0 spiro atoms. The second-order valence-electron chi connectivity index (χ2n) is 6.35. The Morgan fingerprint density at radius 3 is 2.71 bits per heavy atom. The molecule has 0 saturated heterocycles. The van der Waals surface area contributed by atoms with Gasteiger partial charge in [0.05, 0.1) is 19.8 Å². The van der Waals surface area contributed by atoms with Crippen LogP contribution in [0.15, 0.2) is 12.2 Å². The SMILES string of the molecule is CC1CCC(C(C)C)C(C=CC(=O)OCCOCCO)C1. The zero-order valence-corrected chi connectivity index (χ0v) is 13.6. The molecule has 1 aliphatic rings. The van der Waals surface area contributed by atoms with Crippen LogP contribution in [0, 0.1) is 23.7 Å². The van der Waals surface area contributed by atoms with E-state index in [1.54, 1.807) is 6.08 Å². The number of carbonyl (C=O) groups is 1. The lowest BCUT2D eigenvalue weighted by Gasteiger charge is -2.35. The summed E-state index contributed by atoms with van der Waals surface area (Å²) in [6.07, 6.45) is 7.31. The summed E-state index contributed by atoms with van der Waals surface area (Å²) < 4.78 is 10.1. The molecule has 3 unspecified atom stereocenters. The van der Waals surface area contributed by atoms with Crippen molar-refractivity contribution in [3.8, 4) is 0 Å². The van der Waals surface area contributed by atoms with Crippen LogP contribution in [0.5, 0.6) is 0 Å². The summed E-state index contributed by atoms with van der Waals surface area (Å²) in [4.78, 5) is 11.7. The van der Waals surface area contributed by atoms with Gasteiger partial charge in [-0.25, -0.2) is 4.79 Å². The highest BCUT2D eigenvalue weighted by atomic mass is 16.6. The zero-order valence-electron chi connectivity index (χ0n) is 13.6. The third-order valence-corrected chi connectivity index (χ3v) is 4.26. The van der Waals surface area contributed by atoms with Gasteiger partial charge in [-0.2, -0.15) is 0 Å². The Labute approximate surface area is 128 Å². The molecule has 0 amide bonds. The van der Waals surface area contributed by atoms with E-state index in [9.17, 15) is 4.79 Å². The summed E-state index contributed by atoms with van der Waals surface area (Å²) in [7, 11) is 0. The molecule has 1 N–H and O–H groups in total. The number of aliphatic hydroxyl groups is 1. The third kappa shape index (κ3) is 7.09. The van der Waals surface area contributed by atoms with E-state index in [1.165, 1.54) is 12.8 Å². The Bertz CT molecular complexity index is 325. The molecule has 0 aromatic heterocycles. The minimum atomic E-state index is -0.302. The first kappa shape index (κ1) is 18.2. The lowest BCUT2D eigenvalue weighted by Crippen LogP contribution is -2.26. The van der Waals surface area contributed by atoms with Gasteiger partial charge in [0.1, 0.15) is 6.61 Å². The molecular weight excluding hydrogens is 268 g/mol. The smallest absolute Gasteiger partial charge is 0.330 e. The van der Waals surface area contributed by atoms with Crippen molar-refractivity contribution in [3.05, 3.63) is 12.2 Å². The fraction of sp³-hybridized carbons (Fsp3) is 0.824. The first-order valence-corrected chi connectivity index (χ1v) is 8.08. The standard InChI is InChI=1S/C17H30O4/c1-13(2)16-6-4-14(3)12-15(16)5-7-17(19)21-11-10-20-9-8-18/h5,7,13-16,18H,4,6,8-12H2,1-3H3. The molecule has 4 nitrogen and oxygen atoms in total. The molecule has 0 bridgehead atoms. The number of rotatable bonds is 8. The predicted octanol–water partition coefficient (Wildman–Crippen LogP) is 2.80. The van der Waals surface area contributed by atoms with Gasteiger partial charge in [-0.1, -0.05) is 33.3 Å². The Kier molecular flexibility index (Phi) is 8.62. The Morgan fingerprint density at radius 1 is 1.29 bits per heavy atom. The maximum Gasteiger partial charge on any atom is 0.330 e. The van der Waals surface area contributed by atoms with Crippen molar-refractivity contribution < 1.29 is 19.4 Å². The molecule has 1 rings (SSSR count). The van der Waals surface area contributed by atoms with Crippen LogP contribution >= 0.6 is 0 Å². The van der Waals surface area contributed by atoms with Crippen molar-refractivity contribution in [1.82, 2.24) is 0 Å². The second kappa shape index (κ2) is 9.96. The van der Waals surface area contributed by atoms with Crippen LogP contribution in [-0.4, -0.2) is 37.5 Å². The van der Waals surface area contributed by atoms with Crippen LogP contribution < -0.4 is 0 Å². The van der Waals surface area contributed by atoms with Gasteiger partial charge in [0.2, 0.25) is 0 Å². The van der Waals surface area contributed by atoms with E-state index in [2.05, 4.69) is 20.8 Å². The molecule has 21 heavy (non-hydrogen) atoms. The van der Waals surface area contributed by atoms with Crippen LogP contribution in [-0.2, 0) is 14.3 Å². The monoisotopic (exact) mass is 298 g/mol. The van der Waals surface area contributed by atoms with Crippen molar-refractivity contribution in [3.63, 3.8) is 0 Å². The average Bonchev–Trinajstić information content (AvgIpc) is 2.44. The van der Waals surface area contributed by atoms with Crippen LogP contribution in [0.2, 0.25) is 0 Å². The van der Waals surface area contributed by atoms with Crippen molar-refractivity contribution in [1.29, 1.82) is 0 Å². The minimum absolute atomic E-state index is 0.00962. The molecular formula is C17H30O4. The first-order chi connectivity index (χ1) is 10.0. The predicted molar refractivity (Wildman–Crippen MR) is 82.8 cm³/mol. The number of aliphatic hydroxyl groups excluding tert-OH is 1. The molecule has 4 heteroatoms. The third-order valence-electron chi connectivity index (χ3n) is 4.26. The maximum absolute atomic E-state index is 11.7. The Hall–Kier alpha value is -0.870. The molecule has 1 fully saturated rings. The number of hydrogen-bond acceptors (Lipinski definition) is 4. The van der Waals surface area contributed by atoms with Crippen LogP contribution in [0.4, 0.5) is 0 Å². The van der Waals surface area contributed by atoms with Crippen molar-refractivity contribution in [2.24, 2.45) is 23.7 Å². The number of ether oxygens (including phenoxy) is 2. The number of allylic oxidation sites excluding steroid dienone is 1. The number of hydrogen-bond donors (Lipinski definition) is 1. The van der Waals surface area contributed by atoms with Crippen LogP contribution in [0.25, 0.3) is 0 Å². The second-order valence-corrected chi connectivity index (χ2v) is 6.35. The van der Waals surface area contributed by atoms with Gasteiger partial charge < -0.3 is 14.6 Å². The van der Waals surface area contributed by atoms with Gasteiger partial charge in [-0.05, 0) is 36.5 Å². The van der Waals surface area contributed by atoms with E-state index < -0.39 is 0 Å².